The van der Waals surface area contributed by atoms with Gasteiger partial charge in [-0.1, -0.05) is 55.5 Å². The molecule has 1 heterocycles. The summed E-state index contributed by atoms with van der Waals surface area (Å²) in [5.41, 5.74) is 1.45. The van der Waals surface area contributed by atoms with Gasteiger partial charge in [0.25, 0.3) is 0 Å². The van der Waals surface area contributed by atoms with Gasteiger partial charge in [-0.3, -0.25) is 4.79 Å². The standard InChI is InChI=1S/C15H16N2O3S/c1-9(2)13(18)17-15-16-11(12(21-15)14(19)20)8-10-6-4-3-5-7-10/h3-7,9H,8H2,1-2H3,(H,19,20)(H,16,17,18). The Kier molecular flexibility index (Phi) is 4.70. The lowest BCUT2D eigenvalue weighted by atomic mass is 10.1. The molecule has 0 fully saturated rings. The van der Waals surface area contributed by atoms with Crippen LogP contribution in [-0.4, -0.2) is 22.0 Å². The summed E-state index contributed by atoms with van der Waals surface area (Å²) in [6.45, 7) is 3.54. The summed E-state index contributed by atoms with van der Waals surface area (Å²) in [6.07, 6.45) is 0.427. The molecule has 0 saturated carbocycles. The number of aromatic nitrogens is 1. The Morgan fingerprint density at radius 3 is 2.52 bits per heavy atom. The van der Waals surface area contributed by atoms with E-state index in [0.29, 0.717) is 17.2 Å². The largest absolute Gasteiger partial charge is 0.477 e. The molecule has 0 unspecified atom stereocenters. The Bertz CT molecular complexity index is 650. The summed E-state index contributed by atoms with van der Waals surface area (Å²) in [5, 5.41) is 12.2. The van der Waals surface area contributed by atoms with Gasteiger partial charge in [-0.15, -0.1) is 0 Å². The van der Waals surface area contributed by atoms with Crippen LogP contribution in [0.1, 0.15) is 34.8 Å². The minimum atomic E-state index is -1.02. The molecule has 0 aliphatic rings. The predicted octanol–water partition coefficient (Wildman–Crippen LogP) is 3.03. The molecule has 0 atom stereocenters. The number of thiazole rings is 1. The van der Waals surface area contributed by atoms with Crippen molar-refractivity contribution in [3.63, 3.8) is 0 Å². The zero-order valence-electron chi connectivity index (χ0n) is 11.8. The van der Waals surface area contributed by atoms with Crippen LogP contribution >= 0.6 is 11.3 Å². The van der Waals surface area contributed by atoms with E-state index in [1.54, 1.807) is 13.8 Å². The van der Waals surface area contributed by atoms with Crippen LogP contribution in [-0.2, 0) is 11.2 Å². The highest BCUT2D eigenvalue weighted by Crippen LogP contribution is 2.25. The van der Waals surface area contributed by atoms with Crippen LogP contribution < -0.4 is 5.32 Å². The number of benzene rings is 1. The van der Waals surface area contributed by atoms with Crippen molar-refractivity contribution >= 4 is 28.3 Å². The van der Waals surface area contributed by atoms with E-state index >= 15 is 0 Å². The van der Waals surface area contributed by atoms with Gasteiger partial charge in [0.05, 0.1) is 5.69 Å². The molecule has 2 rings (SSSR count). The first kappa shape index (κ1) is 15.2. The van der Waals surface area contributed by atoms with Crippen LogP contribution in [0, 0.1) is 5.92 Å². The zero-order chi connectivity index (χ0) is 15.4. The second-order valence-corrected chi connectivity index (χ2v) is 5.91. The highest BCUT2D eigenvalue weighted by molar-refractivity contribution is 7.17. The molecule has 1 aromatic carbocycles. The highest BCUT2D eigenvalue weighted by Gasteiger charge is 2.19. The lowest BCUT2D eigenvalue weighted by Crippen LogP contribution is -2.17. The van der Waals surface area contributed by atoms with E-state index in [1.807, 2.05) is 30.3 Å². The van der Waals surface area contributed by atoms with Crippen molar-refractivity contribution in [3.05, 3.63) is 46.5 Å². The number of carboxylic acids is 1. The monoisotopic (exact) mass is 304 g/mol. The molecule has 0 saturated heterocycles. The molecule has 2 N–H and O–H groups in total. The van der Waals surface area contributed by atoms with Crippen LogP contribution in [0.5, 0.6) is 0 Å². The van der Waals surface area contributed by atoms with Crippen LogP contribution in [0.15, 0.2) is 30.3 Å². The molecule has 0 spiro atoms. The molecule has 2 aromatic rings. The minimum Gasteiger partial charge on any atom is -0.477 e. The van der Waals surface area contributed by atoms with Crippen molar-refractivity contribution in [3.8, 4) is 0 Å². The van der Waals surface area contributed by atoms with E-state index < -0.39 is 5.97 Å². The van der Waals surface area contributed by atoms with E-state index in [4.69, 9.17) is 0 Å². The molecule has 0 radical (unpaired) electrons. The lowest BCUT2D eigenvalue weighted by Gasteiger charge is -2.03. The Morgan fingerprint density at radius 2 is 1.95 bits per heavy atom. The maximum Gasteiger partial charge on any atom is 0.347 e. The molecule has 5 nitrogen and oxygen atoms in total. The number of aromatic carboxylic acids is 1. The molecule has 6 heteroatoms. The molecular formula is C15H16N2O3S. The van der Waals surface area contributed by atoms with Gasteiger partial charge >= 0.3 is 5.97 Å². The van der Waals surface area contributed by atoms with Crippen LogP contribution in [0.2, 0.25) is 0 Å². The summed E-state index contributed by atoms with van der Waals surface area (Å²) in [5.74, 6) is -1.38. The third kappa shape index (κ3) is 3.88. The normalized spacial score (nSPS) is 10.6. The summed E-state index contributed by atoms with van der Waals surface area (Å²) >= 11 is 0.990. The lowest BCUT2D eigenvalue weighted by molar-refractivity contribution is -0.118. The van der Waals surface area contributed by atoms with Crippen molar-refractivity contribution in [1.29, 1.82) is 0 Å². The topological polar surface area (TPSA) is 79.3 Å². The molecule has 110 valence electrons. The summed E-state index contributed by atoms with van der Waals surface area (Å²) in [7, 11) is 0. The van der Waals surface area contributed by atoms with Crippen molar-refractivity contribution in [2.45, 2.75) is 20.3 Å². The Balaban J connectivity index is 2.25. The van der Waals surface area contributed by atoms with E-state index in [9.17, 15) is 14.7 Å². The fraction of sp³-hybridized carbons (Fsp3) is 0.267. The number of hydrogen-bond acceptors (Lipinski definition) is 4. The highest BCUT2D eigenvalue weighted by atomic mass is 32.1. The summed E-state index contributed by atoms with van der Waals surface area (Å²) < 4.78 is 0. The Hall–Kier alpha value is -2.21. The zero-order valence-corrected chi connectivity index (χ0v) is 12.6. The smallest absolute Gasteiger partial charge is 0.347 e. The van der Waals surface area contributed by atoms with E-state index in [1.165, 1.54) is 0 Å². The molecular weight excluding hydrogens is 288 g/mol. The summed E-state index contributed by atoms with van der Waals surface area (Å²) in [6, 6.07) is 9.51. The minimum absolute atomic E-state index is 0.165. The second kappa shape index (κ2) is 6.49. The number of anilines is 1. The maximum absolute atomic E-state index is 11.7. The first-order valence-corrected chi connectivity index (χ1v) is 7.36. The first-order valence-electron chi connectivity index (χ1n) is 6.55. The molecule has 0 bridgehead atoms. The predicted molar refractivity (Wildman–Crippen MR) is 81.8 cm³/mol. The number of carbonyl (C=O) groups excluding carboxylic acids is 1. The molecule has 1 aromatic heterocycles. The van der Waals surface area contributed by atoms with Crippen LogP contribution in [0.3, 0.4) is 0 Å². The number of carbonyl (C=O) groups is 2. The van der Waals surface area contributed by atoms with Gasteiger partial charge in [0.15, 0.2) is 5.13 Å². The summed E-state index contributed by atoms with van der Waals surface area (Å²) in [4.78, 5) is 27.4. The van der Waals surface area contributed by atoms with Gasteiger partial charge in [-0.2, -0.15) is 0 Å². The Morgan fingerprint density at radius 1 is 1.29 bits per heavy atom. The van der Waals surface area contributed by atoms with Crippen molar-refractivity contribution in [2.24, 2.45) is 5.92 Å². The van der Waals surface area contributed by atoms with Gasteiger partial charge in [0.2, 0.25) is 5.91 Å². The fourth-order valence-electron chi connectivity index (χ4n) is 1.73. The van der Waals surface area contributed by atoms with Crippen LogP contribution in [0.25, 0.3) is 0 Å². The molecule has 0 aliphatic heterocycles. The number of carboxylic acid groups (broad SMARTS) is 1. The molecule has 21 heavy (non-hydrogen) atoms. The number of rotatable bonds is 5. The second-order valence-electron chi connectivity index (χ2n) is 4.91. The molecule has 1 amide bonds. The number of hydrogen-bond donors (Lipinski definition) is 2. The molecule has 0 aliphatic carbocycles. The van der Waals surface area contributed by atoms with Crippen molar-refractivity contribution in [1.82, 2.24) is 4.98 Å². The van der Waals surface area contributed by atoms with Gasteiger partial charge in [0, 0.05) is 12.3 Å². The van der Waals surface area contributed by atoms with Gasteiger partial charge in [0.1, 0.15) is 4.88 Å². The quantitative estimate of drug-likeness (QED) is 0.890. The number of nitrogens with one attached hydrogen (secondary N) is 1. The maximum atomic E-state index is 11.7. The van der Waals surface area contributed by atoms with Crippen LogP contribution in [0.4, 0.5) is 5.13 Å². The van der Waals surface area contributed by atoms with E-state index in [0.717, 1.165) is 16.9 Å². The fourth-order valence-corrected chi connectivity index (χ4v) is 2.55. The van der Waals surface area contributed by atoms with E-state index in [-0.39, 0.29) is 16.7 Å². The first-order chi connectivity index (χ1) is 9.97. The third-order valence-corrected chi connectivity index (χ3v) is 3.86. The number of amides is 1. The van der Waals surface area contributed by atoms with Gasteiger partial charge < -0.3 is 10.4 Å². The van der Waals surface area contributed by atoms with Crippen molar-refractivity contribution in [2.75, 3.05) is 5.32 Å². The van der Waals surface area contributed by atoms with Crippen molar-refractivity contribution < 1.29 is 14.7 Å². The Labute approximate surface area is 126 Å². The average molecular weight is 304 g/mol. The average Bonchev–Trinajstić information content (AvgIpc) is 2.82. The number of nitrogens with zero attached hydrogens (tertiary/aromatic N) is 1. The van der Waals surface area contributed by atoms with Gasteiger partial charge in [-0.25, -0.2) is 9.78 Å². The third-order valence-electron chi connectivity index (χ3n) is 2.86. The van der Waals surface area contributed by atoms with E-state index in [2.05, 4.69) is 10.3 Å². The SMILES string of the molecule is CC(C)C(=O)Nc1nc(Cc2ccccc2)c(C(=O)O)s1. The van der Waals surface area contributed by atoms with Gasteiger partial charge in [-0.05, 0) is 5.56 Å².